The Morgan fingerprint density at radius 3 is 2.84 bits per heavy atom. The van der Waals surface area contributed by atoms with Crippen LogP contribution in [-0.2, 0) is 0 Å². The molecule has 2 rings (SSSR count). The Morgan fingerprint density at radius 1 is 1.42 bits per heavy atom. The van der Waals surface area contributed by atoms with E-state index in [1.165, 1.54) is 31.9 Å². The topological polar surface area (TPSA) is 49.8 Å². The van der Waals surface area contributed by atoms with Crippen molar-refractivity contribution in [2.24, 2.45) is 5.92 Å². The minimum absolute atomic E-state index is 0.255. The van der Waals surface area contributed by atoms with Crippen molar-refractivity contribution in [3.8, 4) is 0 Å². The molecule has 106 valence electrons. The molecule has 1 heterocycles. The molecule has 2 N–H and O–H groups in total. The van der Waals surface area contributed by atoms with E-state index in [1.807, 2.05) is 0 Å². The smallest absolute Gasteiger partial charge is 0.224 e. The minimum Gasteiger partial charge on any atom is -0.365 e. The van der Waals surface area contributed by atoms with Crippen molar-refractivity contribution in [1.82, 2.24) is 9.97 Å². The molecule has 1 aromatic rings. The van der Waals surface area contributed by atoms with Crippen LogP contribution in [0.25, 0.3) is 0 Å². The third-order valence-electron chi connectivity index (χ3n) is 3.75. The number of halogens is 1. The van der Waals surface area contributed by atoms with Gasteiger partial charge in [0.2, 0.25) is 5.95 Å². The summed E-state index contributed by atoms with van der Waals surface area (Å²) in [6.45, 7) is 4.97. The van der Waals surface area contributed by atoms with E-state index in [1.54, 1.807) is 0 Å². The summed E-state index contributed by atoms with van der Waals surface area (Å²) < 4.78 is 13.7. The van der Waals surface area contributed by atoms with Crippen molar-refractivity contribution in [3.63, 3.8) is 0 Å². The van der Waals surface area contributed by atoms with Gasteiger partial charge in [0.05, 0.1) is 6.20 Å². The number of nitrogens with zero attached hydrogens (tertiary/aromatic N) is 2. The first-order valence-electron chi connectivity index (χ1n) is 7.23. The predicted molar refractivity (Wildman–Crippen MR) is 75.8 cm³/mol. The zero-order valence-corrected chi connectivity index (χ0v) is 11.7. The van der Waals surface area contributed by atoms with Crippen LogP contribution in [0.2, 0.25) is 0 Å². The van der Waals surface area contributed by atoms with E-state index in [2.05, 4.69) is 34.4 Å². The van der Waals surface area contributed by atoms with Gasteiger partial charge in [-0.1, -0.05) is 19.8 Å². The van der Waals surface area contributed by atoms with Crippen molar-refractivity contribution in [2.75, 3.05) is 17.2 Å². The van der Waals surface area contributed by atoms with Gasteiger partial charge in [-0.2, -0.15) is 4.98 Å². The number of anilines is 2. The van der Waals surface area contributed by atoms with E-state index in [0.717, 1.165) is 13.0 Å². The molecular weight excluding hydrogens is 243 g/mol. The highest BCUT2D eigenvalue weighted by Crippen LogP contribution is 2.29. The fourth-order valence-corrected chi connectivity index (χ4v) is 2.58. The first kappa shape index (κ1) is 14.0. The summed E-state index contributed by atoms with van der Waals surface area (Å²) in [5.41, 5.74) is 0. The second kappa shape index (κ2) is 6.68. The summed E-state index contributed by atoms with van der Waals surface area (Å²) in [7, 11) is 0. The molecule has 1 atom stereocenters. The number of rotatable bonds is 6. The molecule has 0 radical (unpaired) electrons. The fourth-order valence-electron chi connectivity index (χ4n) is 2.58. The Morgan fingerprint density at radius 2 is 2.16 bits per heavy atom. The van der Waals surface area contributed by atoms with E-state index < -0.39 is 0 Å². The van der Waals surface area contributed by atoms with E-state index in [0.29, 0.717) is 17.7 Å². The van der Waals surface area contributed by atoms with Crippen molar-refractivity contribution in [1.29, 1.82) is 0 Å². The molecule has 1 aromatic heterocycles. The molecular formula is C14H23FN4. The van der Waals surface area contributed by atoms with E-state index in [-0.39, 0.29) is 11.9 Å². The summed E-state index contributed by atoms with van der Waals surface area (Å²) in [6.07, 6.45) is 7.23. The Balaban J connectivity index is 2.01. The van der Waals surface area contributed by atoms with Gasteiger partial charge in [-0.3, -0.25) is 0 Å². The molecule has 0 saturated heterocycles. The van der Waals surface area contributed by atoms with Gasteiger partial charge >= 0.3 is 0 Å². The summed E-state index contributed by atoms with van der Waals surface area (Å²) in [5.74, 6) is 1.05. The molecule has 4 nitrogen and oxygen atoms in total. The Labute approximate surface area is 114 Å². The average molecular weight is 266 g/mol. The summed E-state index contributed by atoms with van der Waals surface area (Å²) in [5, 5.41) is 6.28. The molecule has 0 amide bonds. The van der Waals surface area contributed by atoms with Crippen LogP contribution < -0.4 is 10.6 Å². The van der Waals surface area contributed by atoms with Gasteiger partial charge in [0.25, 0.3) is 0 Å². The van der Waals surface area contributed by atoms with Gasteiger partial charge in [-0.25, -0.2) is 9.37 Å². The van der Waals surface area contributed by atoms with Crippen molar-refractivity contribution in [3.05, 3.63) is 12.0 Å². The third kappa shape index (κ3) is 3.78. The lowest BCUT2D eigenvalue weighted by Crippen LogP contribution is -2.25. The van der Waals surface area contributed by atoms with Gasteiger partial charge in [0.1, 0.15) is 0 Å². The Bertz CT molecular complexity index is 404. The van der Waals surface area contributed by atoms with Crippen molar-refractivity contribution >= 4 is 11.8 Å². The molecule has 0 aromatic carbocycles. The van der Waals surface area contributed by atoms with Crippen LogP contribution in [0, 0.1) is 11.7 Å². The van der Waals surface area contributed by atoms with Crippen LogP contribution >= 0.6 is 0 Å². The molecule has 0 aliphatic heterocycles. The molecule has 0 bridgehead atoms. The SMILES string of the molecule is CCCNc1ncc(F)c(NC(C)C2CCCC2)n1. The molecule has 5 heteroatoms. The molecule has 1 fully saturated rings. The van der Waals surface area contributed by atoms with Gasteiger partial charge < -0.3 is 10.6 Å². The van der Waals surface area contributed by atoms with Gasteiger partial charge in [0.15, 0.2) is 11.6 Å². The Hall–Kier alpha value is -1.39. The second-order valence-electron chi connectivity index (χ2n) is 5.29. The number of hydrogen-bond donors (Lipinski definition) is 2. The molecule has 19 heavy (non-hydrogen) atoms. The second-order valence-corrected chi connectivity index (χ2v) is 5.29. The van der Waals surface area contributed by atoms with Gasteiger partial charge in [0, 0.05) is 12.6 Å². The maximum absolute atomic E-state index is 13.7. The van der Waals surface area contributed by atoms with Crippen LogP contribution in [0.5, 0.6) is 0 Å². The van der Waals surface area contributed by atoms with Crippen LogP contribution in [0.1, 0.15) is 46.0 Å². The lowest BCUT2D eigenvalue weighted by molar-refractivity contribution is 0.477. The number of hydrogen-bond acceptors (Lipinski definition) is 4. The van der Waals surface area contributed by atoms with Crippen molar-refractivity contribution in [2.45, 2.75) is 52.0 Å². The minimum atomic E-state index is -0.383. The monoisotopic (exact) mass is 266 g/mol. The number of nitrogens with one attached hydrogen (secondary N) is 2. The average Bonchev–Trinajstić information content (AvgIpc) is 2.93. The third-order valence-corrected chi connectivity index (χ3v) is 3.75. The summed E-state index contributed by atoms with van der Waals surface area (Å²) >= 11 is 0. The Kier molecular flexibility index (Phi) is 4.93. The van der Waals surface area contributed by atoms with Crippen LogP contribution in [-0.4, -0.2) is 22.6 Å². The quantitative estimate of drug-likeness (QED) is 0.828. The van der Waals surface area contributed by atoms with Crippen molar-refractivity contribution < 1.29 is 4.39 Å². The lowest BCUT2D eigenvalue weighted by Gasteiger charge is -2.21. The largest absolute Gasteiger partial charge is 0.365 e. The highest BCUT2D eigenvalue weighted by Gasteiger charge is 2.22. The van der Waals surface area contributed by atoms with E-state index >= 15 is 0 Å². The standard InChI is InChI=1S/C14H23FN4/c1-3-8-16-14-17-9-12(15)13(19-14)18-10(2)11-6-4-5-7-11/h9-11H,3-8H2,1-2H3,(H2,16,17,18,19). The van der Waals surface area contributed by atoms with E-state index in [9.17, 15) is 4.39 Å². The van der Waals surface area contributed by atoms with Gasteiger partial charge in [-0.05, 0) is 32.1 Å². The molecule has 0 spiro atoms. The zero-order chi connectivity index (χ0) is 13.7. The number of aromatic nitrogens is 2. The summed E-state index contributed by atoms with van der Waals surface area (Å²) in [6, 6.07) is 0.255. The lowest BCUT2D eigenvalue weighted by atomic mass is 10.00. The van der Waals surface area contributed by atoms with Crippen LogP contribution in [0.3, 0.4) is 0 Å². The van der Waals surface area contributed by atoms with Gasteiger partial charge in [-0.15, -0.1) is 0 Å². The maximum atomic E-state index is 13.7. The van der Waals surface area contributed by atoms with E-state index in [4.69, 9.17) is 0 Å². The molecule has 1 aliphatic rings. The summed E-state index contributed by atoms with van der Waals surface area (Å²) in [4.78, 5) is 8.16. The first-order chi connectivity index (χ1) is 9.20. The molecule has 1 aliphatic carbocycles. The first-order valence-corrected chi connectivity index (χ1v) is 7.23. The highest BCUT2D eigenvalue weighted by atomic mass is 19.1. The maximum Gasteiger partial charge on any atom is 0.224 e. The van der Waals surface area contributed by atoms with Crippen LogP contribution in [0.4, 0.5) is 16.2 Å². The molecule has 1 saturated carbocycles. The predicted octanol–water partition coefficient (Wildman–Crippen LogP) is 3.43. The highest BCUT2D eigenvalue weighted by molar-refractivity contribution is 5.41. The van der Waals surface area contributed by atoms with Crippen LogP contribution in [0.15, 0.2) is 6.20 Å². The fraction of sp³-hybridized carbons (Fsp3) is 0.714. The zero-order valence-electron chi connectivity index (χ0n) is 11.7. The normalized spacial score (nSPS) is 17.4. The molecule has 1 unspecified atom stereocenters.